The molecule has 0 spiro atoms. The van der Waals surface area contributed by atoms with Crippen LogP contribution in [-0.2, 0) is 81.1 Å². The van der Waals surface area contributed by atoms with E-state index in [4.69, 9.17) is 47.4 Å². The van der Waals surface area contributed by atoms with Gasteiger partial charge in [0.1, 0.15) is 116 Å². The van der Waals surface area contributed by atoms with Gasteiger partial charge in [0, 0.05) is 33.8 Å². The van der Waals surface area contributed by atoms with Crippen molar-refractivity contribution in [1.82, 2.24) is 16.0 Å². The molecule has 5 rings (SSSR count). The molecule has 26 atom stereocenters. The monoisotopic (exact) mass is 1230 g/mol. The van der Waals surface area contributed by atoms with Gasteiger partial charge < -0.3 is 135 Å². The van der Waals surface area contributed by atoms with E-state index in [9.17, 15) is 104 Å². The molecule has 0 aromatic heterocycles. The lowest BCUT2D eigenvalue weighted by Gasteiger charge is -2.51. The maximum Gasteiger partial charge on any atom is 0.397 e. The molecule has 83 heavy (non-hydrogen) atoms. The molecule has 0 unspecified atom stereocenters. The predicted molar refractivity (Wildman–Crippen MR) is 266 cm³/mol. The molecule has 0 radical (unpaired) electrons. The Bertz CT molecular complexity index is 2180. The van der Waals surface area contributed by atoms with Crippen LogP contribution >= 0.6 is 0 Å². The van der Waals surface area contributed by atoms with E-state index in [-0.39, 0.29) is 6.61 Å². The van der Waals surface area contributed by atoms with E-state index >= 15 is 0 Å². The average molecular weight is 1230 g/mol. The molecule has 0 aromatic carbocycles. The maximum atomic E-state index is 13.1. The van der Waals surface area contributed by atoms with Crippen molar-refractivity contribution in [3.63, 3.8) is 0 Å². The molecular formula is C47H81N3O32S. The van der Waals surface area contributed by atoms with Crippen molar-refractivity contribution >= 4 is 34.1 Å². The first-order valence-electron chi connectivity index (χ1n) is 26.8. The summed E-state index contributed by atoms with van der Waals surface area (Å²) in [5.41, 5.74) is 0. The van der Waals surface area contributed by atoms with Gasteiger partial charge in [0.05, 0.1) is 45.2 Å². The molecule has 0 saturated carbocycles. The SMILES string of the molecule is CCCCCCCCO[C@H]1O[C@H](CO)[C@H](O)[C@H](O[C@@H]2O[C@H](CO)[C@H](O)[C@H](O[C@@H]3O[C@H](COS(=O)(=O)O)[C@@H](O[C@@H]4O[C@H](CO)[C@@H](O)[C@H](O[C@]5(C(=O)O)C[C@H](O)[C@@H](NC(C)=O)[C@H]([C@H](O)[C@H](O)CO)O5)[C@H]4O)[C@H](O)[C@H]3NC(C)=O)[C@H]2O)[C@H]1NC(C)=O. The Labute approximate surface area is 475 Å². The summed E-state index contributed by atoms with van der Waals surface area (Å²) in [4.78, 5) is 50.6. The zero-order valence-corrected chi connectivity index (χ0v) is 46.5. The minimum absolute atomic E-state index is 0.0938. The summed E-state index contributed by atoms with van der Waals surface area (Å²) < 4.78 is 96.6. The second kappa shape index (κ2) is 31.7. The van der Waals surface area contributed by atoms with Crippen LogP contribution in [0.3, 0.4) is 0 Å². The fourth-order valence-electron chi connectivity index (χ4n) is 10.3. The quantitative estimate of drug-likeness (QED) is 0.0244. The molecule has 0 aliphatic carbocycles. The number of ether oxygens (including phenoxy) is 10. The summed E-state index contributed by atoms with van der Waals surface area (Å²) >= 11 is 0. The number of aliphatic carboxylic acids is 1. The van der Waals surface area contributed by atoms with Crippen molar-refractivity contribution in [2.75, 3.05) is 39.6 Å². The number of carboxylic acids is 1. The molecule has 5 fully saturated rings. The van der Waals surface area contributed by atoms with Crippen LogP contribution in [0.4, 0.5) is 0 Å². The number of carbonyl (C=O) groups is 4. The van der Waals surface area contributed by atoms with Crippen LogP contribution in [0.25, 0.3) is 0 Å². The first-order valence-corrected chi connectivity index (χ1v) is 28.2. The number of hydrogen-bond donors (Lipinski definition) is 18. The van der Waals surface area contributed by atoms with Crippen molar-refractivity contribution in [3.8, 4) is 0 Å². The highest BCUT2D eigenvalue weighted by molar-refractivity contribution is 7.80. The summed E-state index contributed by atoms with van der Waals surface area (Å²) in [6.45, 7) is -0.407. The van der Waals surface area contributed by atoms with Gasteiger partial charge in [-0.1, -0.05) is 39.0 Å². The van der Waals surface area contributed by atoms with Crippen LogP contribution in [-0.4, -0.2) is 307 Å². The molecular weight excluding hydrogens is 1150 g/mol. The standard InChI is InChI=1S/C47H81N3O32S/c1-5-6-7-8-9-10-11-72-42-29(50-20(4)57)38(31(61)23(14-52)74-42)79-44-35(65)40(32(62)24(15-53)75-44)80-43-28(49-19(3)56)34(64)37(26(77-43)17-73-83(69,70)71)78-45-36(66)41(33(63)25(16-54)76-45)82-47(46(67)68)12-21(58)27(48-18(2)55)39(81-47)30(60)22(59)13-51/h21-45,51-54,58-66H,5-17H2,1-4H3,(H,48,55)(H,49,56)(H,50,57)(H,67,68)(H,69,70,71)/t21-,22+,23+,24+,25+,26+,27+,28+,29+,30+,31-,32-,33+,34+,35+,36+,37+,38+,39+,40-,41-,42-,43-,44-,45-,47-/m0/s1. The molecule has 0 aromatic rings. The molecule has 36 heteroatoms. The second-order valence-corrected chi connectivity index (χ2v) is 21.8. The summed E-state index contributed by atoms with van der Waals surface area (Å²) in [7, 11) is -5.44. The Morgan fingerprint density at radius 2 is 1.06 bits per heavy atom. The van der Waals surface area contributed by atoms with Gasteiger partial charge in [-0.2, -0.15) is 8.42 Å². The van der Waals surface area contributed by atoms with Crippen LogP contribution in [0.5, 0.6) is 0 Å². The molecule has 5 heterocycles. The van der Waals surface area contributed by atoms with E-state index in [0.29, 0.717) is 6.42 Å². The minimum Gasteiger partial charge on any atom is -0.477 e. The van der Waals surface area contributed by atoms with E-state index in [1.54, 1.807) is 0 Å². The van der Waals surface area contributed by atoms with Crippen molar-refractivity contribution < 1.29 is 155 Å². The maximum absolute atomic E-state index is 13.1. The minimum atomic E-state index is -5.44. The van der Waals surface area contributed by atoms with Gasteiger partial charge >= 0.3 is 16.4 Å². The fourth-order valence-corrected chi connectivity index (χ4v) is 10.6. The van der Waals surface area contributed by atoms with Gasteiger partial charge in [0.25, 0.3) is 5.79 Å². The first kappa shape index (κ1) is 70.6. The third-order valence-corrected chi connectivity index (χ3v) is 14.9. The van der Waals surface area contributed by atoms with Crippen LogP contribution in [0, 0.1) is 0 Å². The smallest absolute Gasteiger partial charge is 0.397 e. The normalized spacial score (nSPS) is 40.4. The molecule has 35 nitrogen and oxygen atoms in total. The highest BCUT2D eigenvalue weighted by atomic mass is 32.3. The summed E-state index contributed by atoms with van der Waals surface area (Å²) in [5, 5.41) is 161. The Balaban J connectivity index is 1.46. The average Bonchev–Trinajstić information content (AvgIpc) is 2.00. The number of unbranched alkanes of at least 4 members (excludes halogenated alkanes) is 5. The zero-order chi connectivity index (χ0) is 61.8. The number of nitrogens with one attached hydrogen (secondary N) is 3. The summed E-state index contributed by atoms with van der Waals surface area (Å²) in [6.07, 6.45) is -41.4. The summed E-state index contributed by atoms with van der Waals surface area (Å²) in [6, 6.07) is -5.09. The Kier molecular flexibility index (Phi) is 26.9. The third-order valence-electron chi connectivity index (χ3n) is 14.5. The van der Waals surface area contributed by atoms with E-state index in [1.165, 1.54) is 0 Å². The fraction of sp³-hybridized carbons (Fsp3) is 0.915. The van der Waals surface area contributed by atoms with Crippen molar-refractivity contribution in [2.45, 2.75) is 232 Å². The van der Waals surface area contributed by atoms with E-state index in [1.807, 2.05) is 0 Å². The molecule has 0 bridgehead atoms. The van der Waals surface area contributed by atoms with Gasteiger partial charge in [0.15, 0.2) is 25.2 Å². The number of aliphatic hydroxyl groups excluding tert-OH is 13. The van der Waals surface area contributed by atoms with Crippen LogP contribution in [0.15, 0.2) is 0 Å². The van der Waals surface area contributed by atoms with Gasteiger partial charge in [-0.15, -0.1) is 0 Å². The largest absolute Gasteiger partial charge is 0.477 e. The van der Waals surface area contributed by atoms with E-state index in [2.05, 4.69) is 27.1 Å². The lowest BCUT2D eigenvalue weighted by Crippen LogP contribution is -2.71. The number of carbonyl (C=O) groups excluding carboxylic acids is 3. The van der Waals surface area contributed by atoms with Crippen LogP contribution in [0.1, 0.15) is 72.6 Å². The van der Waals surface area contributed by atoms with E-state index in [0.717, 1.165) is 52.9 Å². The Morgan fingerprint density at radius 3 is 1.59 bits per heavy atom. The number of hydrogen-bond acceptors (Lipinski definition) is 30. The van der Waals surface area contributed by atoms with E-state index < -0.39 is 232 Å². The third kappa shape index (κ3) is 18.0. The van der Waals surface area contributed by atoms with Gasteiger partial charge in [-0.05, 0) is 6.42 Å². The molecule has 5 aliphatic rings. The number of amides is 3. The number of aliphatic hydroxyl groups is 13. The molecule has 18 N–H and O–H groups in total. The second-order valence-electron chi connectivity index (χ2n) is 20.7. The Hall–Kier alpha value is -3.17. The highest BCUT2D eigenvalue weighted by Gasteiger charge is 2.61. The van der Waals surface area contributed by atoms with Crippen molar-refractivity contribution in [1.29, 1.82) is 0 Å². The molecule has 482 valence electrons. The van der Waals surface area contributed by atoms with Crippen LogP contribution < -0.4 is 16.0 Å². The molecule has 5 saturated heterocycles. The van der Waals surface area contributed by atoms with Crippen molar-refractivity contribution in [2.24, 2.45) is 0 Å². The van der Waals surface area contributed by atoms with Gasteiger partial charge in [-0.25, -0.2) is 8.98 Å². The van der Waals surface area contributed by atoms with Gasteiger partial charge in [0.2, 0.25) is 17.7 Å². The molecule has 3 amide bonds. The lowest BCUT2D eigenvalue weighted by atomic mass is 9.88. The van der Waals surface area contributed by atoms with Crippen molar-refractivity contribution in [3.05, 3.63) is 0 Å². The Morgan fingerprint density at radius 1 is 0.590 bits per heavy atom. The topological polar surface area (TPSA) is 543 Å². The first-order chi connectivity index (χ1) is 39.1. The lowest BCUT2D eigenvalue weighted by molar-refractivity contribution is -0.388. The summed E-state index contributed by atoms with van der Waals surface area (Å²) in [5.74, 6) is -7.87. The zero-order valence-electron chi connectivity index (χ0n) is 45.7. The number of rotatable bonds is 29. The van der Waals surface area contributed by atoms with Crippen LogP contribution in [0.2, 0.25) is 0 Å². The van der Waals surface area contributed by atoms with Gasteiger partial charge in [-0.3, -0.25) is 18.9 Å². The highest BCUT2D eigenvalue weighted by Crippen LogP contribution is 2.40. The number of carboxylic acid groups (broad SMARTS) is 1. The molecule has 5 aliphatic heterocycles. The predicted octanol–water partition coefficient (Wildman–Crippen LogP) is -9.08.